The zero-order valence-corrected chi connectivity index (χ0v) is 10.2. The van der Waals surface area contributed by atoms with E-state index >= 15 is 0 Å². The van der Waals surface area contributed by atoms with Crippen LogP contribution in [0.3, 0.4) is 0 Å². The van der Waals surface area contributed by atoms with Crippen molar-refractivity contribution in [2.45, 2.75) is 51.4 Å². The standard InChI is InChI=1S/C11H20F3NO/c1-9(2)8(7-10(9,3)16-4)15-6-5-11(12,13)14/h8,15H,5-7H2,1-4H3. The molecule has 0 heterocycles. The van der Waals surface area contributed by atoms with Crippen LogP contribution in [0.25, 0.3) is 0 Å². The molecule has 1 fully saturated rings. The monoisotopic (exact) mass is 239 g/mol. The Morgan fingerprint density at radius 1 is 1.31 bits per heavy atom. The number of nitrogens with one attached hydrogen (secondary N) is 1. The van der Waals surface area contributed by atoms with Crippen LogP contribution in [-0.4, -0.2) is 31.5 Å². The molecule has 0 aromatic rings. The highest BCUT2D eigenvalue weighted by atomic mass is 19.4. The van der Waals surface area contributed by atoms with Gasteiger partial charge in [0.25, 0.3) is 0 Å². The third-order valence-electron chi connectivity index (χ3n) is 4.08. The van der Waals surface area contributed by atoms with Gasteiger partial charge < -0.3 is 10.1 Å². The van der Waals surface area contributed by atoms with Crippen LogP contribution in [-0.2, 0) is 4.74 Å². The van der Waals surface area contributed by atoms with Gasteiger partial charge in [-0.2, -0.15) is 13.2 Å². The lowest BCUT2D eigenvalue weighted by molar-refractivity contribution is -0.183. The molecule has 0 bridgehead atoms. The first-order valence-corrected chi connectivity index (χ1v) is 5.48. The highest BCUT2D eigenvalue weighted by Gasteiger charge is 2.57. The molecule has 5 heteroatoms. The summed E-state index contributed by atoms with van der Waals surface area (Å²) in [6, 6.07) is 0.0970. The van der Waals surface area contributed by atoms with Gasteiger partial charge in [-0.25, -0.2) is 0 Å². The smallest absolute Gasteiger partial charge is 0.378 e. The zero-order valence-electron chi connectivity index (χ0n) is 10.2. The summed E-state index contributed by atoms with van der Waals surface area (Å²) in [5.74, 6) is 0. The predicted octanol–water partition coefficient (Wildman–Crippen LogP) is 2.73. The van der Waals surface area contributed by atoms with Gasteiger partial charge in [0.15, 0.2) is 0 Å². The van der Waals surface area contributed by atoms with Crippen LogP contribution in [0.4, 0.5) is 13.2 Å². The van der Waals surface area contributed by atoms with Crippen LogP contribution < -0.4 is 5.32 Å². The van der Waals surface area contributed by atoms with E-state index in [2.05, 4.69) is 5.32 Å². The third-order valence-corrected chi connectivity index (χ3v) is 4.08. The number of rotatable bonds is 4. The topological polar surface area (TPSA) is 21.3 Å². The van der Waals surface area contributed by atoms with Crippen LogP contribution in [0.15, 0.2) is 0 Å². The molecule has 1 saturated carbocycles. The third kappa shape index (κ3) is 2.51. The van der Waals surface area contributed by atoms with E-state index in [0.29, 0.717) is 0 Å². The van der Waals surface area contributed by atoms with Crippen molar-refractivity contribution < 1.29 is 17.9 Å². The number of halogens is 3. The lowest BCUT2D eigenvalue weighted by atomic mass is 9.56. The Morgan fingerprint density at radius 3 is 2.25 bits per heavy atom. The van der Waals surface area contributed by atoms with Crippen LogP contribution in [0.1, 0.15) is 33.6 Å². The minimum atomic E-state index is -4.08. The molecule has 1 N–H and O–H groups in total. The average molecular weight is 239 g/mol. The van der Waals surface area contributed by atoms with E-state index in [4.69, 9.17) is 4.74 Å². The summed E-state index contributed by atoms with van der Waals surface area (Å²) in [6.07, 6.45) is -4.09. The van der Waals surface area contributed by atoms with Crippen molar-refractivity contribution in [3.63, 3.8) is 0 Å². The number of hydrogen-bond acceptors (Lipinski definition) is 2. The van der Waals surface area contributed by atoms with Gasteiger partial charge in [0.05, 0.1) is 12.0 Å². The van der Waals surface area contributed by atoms with Gasteiger partial charge in [0, 0.05) is 25.1 Å². The quantitative estimate of drug-likeness (QED) is 0.814. The average Bonchev–Trinajstić information content (AvgIpc) is 2.14. The maximum atomic E-state index is 12.0. The molecule has 16 heavy (non-hydrogen) atoms. The first-order chi connectivity index (χ1) is 7.12. The molecule has 96 valence electrons. The van der Waals surface area contributed by atoms with Gasteiger partial charge in [0.2, 0.25) is 0 Å². The van der Waals surface area contributed by atoms with Gasteiger partial charge in [-0.1, -0.05) is 13.8 Å². The largest absolute Gasteiger partial charge is 0.390 e. The molecule has 0 saturated heterocycles. The first kappa shape index (κ1) is 13.8. The predicted molar refractivity (Wildman–Crippen MR) is 56.3 cm³/mol. The van der Waals surface area contributed by atoms with Crippen molar-refractivity contribution in [3.8, 4) is 0 Å². The lowest BCUT2D eigenvalue weighted by Crippen LogP contribution is -2.68. The molecule has 0 aromatic heterocycles. The highest BCUT2D eigenvalue weighted by molar-refractivity contribution is 5.11. The van der Waals surface area contributed by atoms with E-state index in [1.165, 1.54) is 0 Å². The molecule has 2 unspecified atom stereocenters. The van der Waals surface area contributed by atoms with Crippen LogP contribution in [0, 0.1) is 5.41 Å². The lowest BCUT2D eigenvalue weighted by Gasteiger charge is -2.59. The normalized spacial score (nSPS) is 33.6. The second kappa shape index (κ2) is 4.18. The fourth-order valence-electron chi connectivity index (χ4n) is 2.21. The SMILES string of the molecule is COC1(C)CC(NCCC(F)(F)F)C1(C)C. The van der Waals surface area contributed by atoms with Crippen molar-refractivity contribution in [2.24, 2.45) is 5.41 Å². The highest BCUT2D eigenvalue weighted by Crippen LogP contribution is 2.51. The molecule has 2 atom stereocenters. The molecular weight excluding hydrogens is 219 g/mol. The van der Waals surface area contributed by atoms with E-state index in [1.807, 2.05) is 20.8 Å². The number of ether oxygens (including phenoxy) is 1. The Morgan fingerprint density at radius 2 is 1.88 bits per heavy atom. The van der Waals surface area contributed by atoms with E-state index in [0.717, 1.165) is 6.42 Å². The fraction of sp³-hybridized carbons (Fsp3) is 1.00. The summed E-state index contributed by atoms with van der Waals surface area (Å²) >= 11 is 0. The summed E-state index contributed by atoms with van der Waals surface area (Å²) in [5, 5.41) is 2.96. The molecule has 0 radical (unpaired) electrons. The summed E-state index contributed by atoms with van der Waals surface area (Å²) < 4.78 is 41.3. The Hall–Kier alpha value is -0.290. The van der Waals surface area contributed by atoms with Crippen LogP contribution >= 0.6 is 0 Å². The van der Waals surface area contributed by atoms with E-state index in [9.17, 15) is 13.2 Å². The minimum Gasteiger partial charge on any atom is -0.378 e. The summed E-state index contributed by atoms with van der Waals surface area (Å²) in [6.45, 7) is 6.02. The van der Waals surface area contributed by atoms with E-state index in [-0.39, 0.29) is 23.6 Å². The van der Waals surface area contributed by atoms with Crippen molar-refractivity contribution in [1.82, 2.24) is 5.32 Å². The number of methoxy groups -OCH3 is 1. The van der Waals surface area contributed by atoms with Crippen molar-refractivity contribution in [2.75, 3.05) is 13.7 Å². The number of alkyl halides is 3. The zero-order chi connectivity index (χ0) is 12.6. The molecule has 1 aliphatic rings. The summed E-state index contributed by atoms with van der Waals surface area (Å²) in [5.41, 5.74) is -0.365. The van der Waals surface area contributed by atoms with Gasteiger partial charge in [-0.3, -0.25) is 0 Å². The molecular formula is C11H20F3NO. The van der Waals surface area contributed by atoms with Crippen LogP contribution in [0.2, 0.25) is 0 Å². The van der Waals surface area contributed by atoms with Crippen LogP contribution in [0.5, 0.6) is 0 Å². The Kier molecular flexibility index (Phi) is 3.60. The summed E-state index contributed by atoms with van der Waals surface area (Å²) in [4.78, 5) is 0. The Labute approximate surface area is 94.5 Å². The van der Waals surface area contributed by atoms with Crippen molar-refractivity contribution in [1.29, 1.82) is 0 Å². The fourth-order valence-corrected chi connectivity index (χ4v) is 2.21. The van der Waals surface area contributed by atoms with Crippen molar-refractivity contribution >= 4 is 0 Å². The van der Waals surface area contributed by atoms with Gasteiger partial charge in [-0.05, 0) is 13.3 Å². The molecule has 2 nitrogen and oxygen atoms in total. The van der Waals surface area contributed by atoms with Gasteiger partial charge in [0.1, 0.15) is 0 Å². The Bertz CT molecular complexity index is 252. The van der Waals surface area contributed by atoms with Gasteiger partial charge >= 0.3 is 6.18 Å². The molecule has 0 aromatic carbocycles. The van der Waals surface area contributed by atoms with Crippen molar-refractivity contribution in [3.05, 3.63) is 0 Å². The molecule has 0 spiro atoms. The molecule has 1 rings (SSSR count). The molecule has 0 amide bonds. The first-order valence-electron chi connectivity index (χ1n) is 5.48. The second-order valence-electron chi connectivity index (χ2n) is 5.23. The Balaban J connectivity index is 2.38. The summed E-state index contributed by atoms with van der Waals surface area (Å²) in [7, 11) is 1.65. The minimum absolute atomic E-state index is 0.0165. The second-order valence-corrected chi connectivity index (χ2v) is 5.23. The molecule has 1 aliphatic carbocycles. The van der Waals surface area contributed by atoms with Gasteiger partial charge in [-0.15, -0.1) is 0 Å². The maximum Gasteiger partial charge on any atom is 0.390 e. The molecule has 0 aliphatic heterocycles. The van der Waals surface area contributed by atoms with E-state index < -0.39 is 12.6 Å². The number of hydrogen-bond donors (Lipinski definition) is 1. The maximum absolute atomic E-state index is 12.0. The van der Waals surface area contributed by atoms with E-state index in [1.54, 1.807) is 7.11 Å².